The Morgan fingerprint density at radius 1 is 1.13 bits per heavy atom. The first-order valence-electron chi connectivity index (χ1n) is 10.4. The molecule has 8 heteroatoms. The second kappa shape index (κ2) is 8.29. The number of hydrogen-bond donors (Lipinski definition) is 2. The highest BCUT2D eigenvalue weighted by molar-refractivity contribution is 6.08. The average Bonchev–Trinajstić information content (AvgIpc) is 3.13. The van der Waals surface area contributed by atoms with Gasteiger partial charge in [-0.1, -0.05) is 31.5 Å². The molecule has 3 aromatic rings. The number of phenolic OH excluding ortho intramolecular Hbond substituents is 2. The molecule has 1 amide bonds. The summed E-state index contributed by atoms with van der Waals surface area (Å²) in [6.45, 7) is 4.30. The van der Waals surface area contributed by atoms with Gasteiger partial charge in [-0.05, 0) is 43.2 Å². The number of aromatic hydroxyl groups is 2. The van der Waals surface area contributed by atoms with Crippen molar-refractivity contribution in [3.05, 3.63) is 48.0 Å². The van der Waals surface area contributed by atoms with Crippen LogP contribution in [0.5, 0.6) is 11.5 Å². The molecule has 2 atom stereocenters. The highest BCUT2D eigenvalue weighted by Crippen LogP contribution is 2.42. The van der Waals surface area contributed by atoms with Crippen molar-refractivity contribution in [2.45, 2.75) is 32.7 Å². The van der Waals surface area contributed by atoms with E-state index in [9.17, 15) is 19.8 Å². The molecule has 0 fully saturated rings. The Hall–Kier alpha value is -3.55. The van der Waals surface area contributed by atoms with Gasteiger partial charge in [0.05, 0.1) is 23.7 Å². The topological polar surface area (TPSA) is 105 Å². The van der Waals surface area contributed by atoms with Crippen LogP contribution >= 0.6 is 0 Å². The van der Waals surface area contributed by atoms with E-state index >= 15 is 0 Å². The highest BCUT2D eigenvalue weighted by atomic mass is 16.5. The van der Waals surface area contributed by atoms with Crippen LogP contribution in [0.4, 0.5) is 5.95 Å². The van der Waals surface area contributed by atoms with Crippen molar-refractivity contribution in [2.24, 2.45) is 5.92 Å². The van der Waals surface area contributed by atoms with Crippen molar-refractivity contribution >= 4 is 28.9 Å². The van der Waals surface area contributed by atoms with E-state index in [2.05, 4.69) is 0 Å². The molecule has 2 heterocycles. The molecule has 0 saturated heterocycles. The lowest BCUT2D eigenvalue weighted by Gasteiger charge is -2.38. The van der Waals surface area contributed by atoms with Crippen LogP contribution in [-0.4, -0.2) is 44.8 Å². The van der Waals surface area contributed by atoms with Crippen molar-refractivity contribution in [3.63, 3.8) is 0 Å². The van der Waals surface area contributed by atoms with E-state index in [1.165, 1.54) is 12.1 Å². The summed E-state index contributed by atoms with van der Waals surface area (Å²) < 4.78 is 7.14. The van der Waals surface area contributed by atoms with E-state index in [0.29, 0.717) is 23.6 Å². The molecule has 1 aliphatic rings. The molecular weight excluding hydrogens is 398 g/mol. The monoisotopic (exact) mass is 423 g/mol. The van der Waals surface area contributed by atoms with E-state index in [4.69, 9.17) is 9.72 Å². The molecule has 4 rings (SSSR count). The van der Waals surface area contributed by atoms with Gasteiger partial charge >= 0.3 is 5.97 Å². The number of fused-ring (bicyclic) bond motifs is 3. The summed E-state index contributed by atoms with van der Waals surface area (Å²) in [5.74, 6) is -2.31. The van der Waals surface area contributed by atoms with Gasteiger partial charge < -0.3 is 19.5 Å². The third-order valence-corrected chi connectivity index (χ3v) is 5.56. The number of imidazole rings is 1. The van der Waals surface area contributed by atoms with Crippen molar-refractivity contribution in [3.8, 4) is 11.5 Å². The first kappa shape index (κ1) is 20.7. The number of hydrogen-bond acceptors (Lipinski definition) is 6. The molecule has 0 bridgehead atoms. The maximum atomic E-state index is 13.6. The predicted octanol–water partition coefficient (Wildman–Crippen LogP) is 3.36. The maximum Gasteiger partial charge on any atom is 0.321 e. The number of carbonyl (C=O) groups is 2. The van der Waals surface area contributed by atoms with E-state index in [0.717, 1.165) is 18.4 Å². The normalized spacial score (nSPS) is 18.3. The van der Waals surface area contributed by atoms with Crippen LogP contribution in [0, 0.1) is 5.92 Å². The van der Waals surface area contributed by atoms with E-state index in [1.807, 2.05) is 35.8 Å². The number of rotatable bonds is 6. The first-order chi connectivity index (χ1) is 15.0. The van der Waals surface area contributed by atoms with Gasteiger partial charge in [-0.15, -0.1) is 0 Å². The average molecular weight is 423 g/mol. The number of carbonyl (C=O) groups excluding carboxylic acids is 2. The molecule has 8 nitrogen and oxygen atoms in total. The van der Waals surface area contributed by atoms with Crippen molar-refractivity contribution in [1.29, 1.82) is 0 Å². The Morgan fingerprint density at radius 2 is 1.90 bits per heavy atom. The van der Waals surface area contributed by atoms with Gasteiger partial charge in [0.25, 0.3) is 0 Å². The predicted molar refractivity (Wildman–Crippen MR) is 115 cm³/mol. The Balaban J connectivity index is 1.99. The lowest BCUT2D eigenvalue weighted by Crippen LogP contribution is -2.50. The largest absolute Gasteiger partial charge is 0.504 e. The Morgan fingerprint density at radius 3 is 2.61 bits per heavy atom. The van der Waals surface area contributed by atoms with Crippen LogP contribution in [0.1, 0.15) is 38.3 Å². The van der Waals surface area contributed by atoms with Gasteiger partial charge in [0.15, 0.2) is 17.4 Å². The van der Waals surface area contributed by atoms with Crippen LogP contribution in [0.2, 0.25) is 0 Å². The molecule has 0 aliphatic carbocycles. The molecule has 1 aromatic heterocycles. The summed E-state index contributed by atoms with van der Waals surface area (Å²) in [4.78, 5) is 32.9. The zero-order chi connectivity index (χ0) is 22.1. The van der Waals surface area contributed by atoms with Crippen LogP contribution in [-0.2, 0) is 14.3 Å². The number of para-hydroxylation sites is 2. The highest BCUT2D eigenvalue weighted by Gasteiger charge is 2.47. The third kappa shape index (κ3) is 3.48. The number of unbranched alkanes of at least 4 members (excludes halogenated alkanes) is 1. The molecule has 2 N–H and O–H groups in total. The zero-order valence-electron chi connectivity index (χ0n) is 17.5. The molecular formula is C23H25N3O5. The van der Waals surface area contributed by atoms with Gasteiger partial charge in [-0.2, -0.15) is 0 Å². The summed E-state index contributed by atoms with van der Waals surface area (Å²) in [7, 11) is 0. The number of ether oxygens (including phenoxy) is 1. The molecule has 0 radical (unpaired) electrons. The number of benzene rings is 2. The summed E-state index contributed by atoms with van der Waals surface area (Å²) in [5.41, 5.74) is 1.96. The van der Waals surface area contributed by atoms with E-state index < -0.39 is 17.9 Å². The van der Waals surface area contributed by atoms with Crippen LogP contribution in [0.3, 0.4) is 0 Å². The fraction of sp³-hybridized carbons (Fsp3) is 0.348. The molecule has 0 spiro atoms. The molecule has 162 valence electrons. The number of aromatic nitrogens is 2. The zero-order valence-corrected chi connectivity index (χ0v) is 17.5. The van der Waals surface area contributed by atoms with Gasteiger partial charge in [-0.3, -0.25) is 14.5 Å². The summed E-state index contributed by atoms with van der Waals surface area (Å²) in [6, 6.07) is 11.0. The number of nitrogens with zero attached hydrogens (tertiary/aromatic N) is 3. The Kier molecular flexibility index (Phi) is 5.54. The minimum Gasteiger partial charge on any atom is -0.504 e. The number of esters is 1. The van der Waals surface area contributed by atoms with Crippen LogP contribution < -0.4 is 4.90 Å². The van der Waals surface area contributed by atoms with E-state index in [1.54, 1.807) is 17.9 Å². The Labute approximate surface area is 179 Å². The van der Waals surface area contributed by atoms with Crippen molar-refractivity contribution in [1.82, 2.24) is 9.55 Å². The summed E-state index contributed by atoms with van der Waals surface area (Å²) in [6.07, 6.45) is 1.64. The molecule has 0 saturated carbocycles. The quantitative estimate of drug-likeness (QED) is 0.358. The number of anilines is 1. The second-order valence-electron chi connectivity index (χ2n) is 7.54. The molecule has 31 heavy (non-hydrogen) atoms. The minimum absolute atomic E-state index is 0.142. The molecule has 2 unspecified atom stereocenters. The molecule has 1 aliphatic heterocycles. The fourth-order valence-electron chi connectivity index (χ4n) is 4.10. The van der Waals surface area contributed by atoms with Crippen LogP contribution in [0.25, 0.3) is 11.0 Å². The van der Waals surface area contributed by atoms with Crippen LogP contribution in [0.15, 0.2) is 42.5 Å². The molecule has 2 aromatic carbocycles. The smallest absolute Gasteiger partial charge is 0.321 e. The van der Waals surface area contributed by atoms with Gasteiger partial charge in [-0.25, -0.2) is 4.98 Å². The first-order valence-corrected chi connectivity index (χ1v) is 10.4. The number of amides is 1. The minimum atomic E-state index is -1.15. The van der Waals surface area contributed by atoms with Crippen molar-refractivity contribution in [2.75, 3.05) is 18.1 Å². The van der Waals surface area contributed by atoms with E-state index in [-0.39, 0.29) is 24.0 Å². The fourth-order valence-corrected chi connectivity index (χ4v) is 4.10. The third-order valence-electron chi connectivity index (χ3n) is 5.56. The Bertz CT molecular complexity index is 1140. The standard InChI is InChI=1S/C23H25N3O5/c1-3-5-12-25-21(29)19(22(30)31-4-2)20(14-10-11-17(27)18(28)13-14)26-16-9-7-6-8-15(16)24-23(25)26/h6-11,13,19-20,27-28H,3-5,12H2,1-2H3. The number of phenols is 2. The maximum absolute atomic E-state index is 13.6. The van der Waals surface area contributed by atoms with Crippen molar-refractivity contribution < 1.29 is 24.5 Å². The SMILES string of the molecule is CCCCN1C(=O)C(C(=O)OCC)C(c2ccc(O)c(O)c2)n2c1nc1ccccc12. The van der Waals surface area contributed by atoms with Gasteiger partial charge in [0.2, 0.25) is 11.9 Å². The second-order valence-corrected chi connectivity index (χ2v) is 7.54. The summed E-state index contributed by atoms with van der Waals surface area (Å²) >= 11 is 0. The lowest BCUT2D eigenvalue weighted by atomic mass is 9.89. The lowest BCUT2D eigenvalue weighted by molar-refractivity contribution is -0.153. The van der Waals surface area contributed by atoms with Gasteiger partial charge in [0, 0.05) is 6.54 Å². The summed E-state index contributed by atoms with van der Waals surface area (Å²) in [5, 5.41) is 19.9. The van der Waals surface area contributed by atoms with Gasteiger partial charge in [0.1, 0.15) is 0 Å².